The molecule has 6 heteroatoms. The van der Waals surface area contributed by atoms with Crippen molar-refractivity contribution in [2.45, 2.75) is 45.7 Å². The van der Waals surface area contributed by atoms with Gasteiger partial charge in [-0.25, -0.2) is 0 Å². The summed E-state index contributed by atoms with van der Waals surface area (Å²) in [7, 11) is 1.69. The summed E-state index contributed by atoms with van der Waals surface area (Å²) in [5.74, 6) is 2.11. The average Bonchev–Trinajstić information content (AvgIpc) is 3.10. The quantitative estimate of drug-likeness (QED) is 0.603. The normalized spacial score (nSPS) is 14.9. The van der Waals surface area contributed by atoms with Crippen LogP contribution in [-0.4, -0.2) is 34.5 Å². The minimum absolute atomic E-state index is 0.392. The van der Waals surface area contributed by atoms with Gasteiger partial charge in [0.2, 0.25) is 4.77 Å². The number of hydrogen-bond acceptors (Lipinski definition) is 3. The molecule has 2 aromatic carbocycles. The molecule has 1 aliphatic heterocycles. The number of quaternary nitrogens is 1. The molecule has 1 aliphatic rings. The highest BCUT2D eigenvalue weighted by Crippen LogP contribution is 2.29. The fourth-order valence-electron chi connectivity index (χ4n) is 4.26. The molecule has 0 atom stereocenters. The van der Waals surface area contributed by atoms with E-state index in [1.165, 1.54) is 37.9 Å². The van der Waals surface area contributed by atoms with Crippen molar-refractivity contribution in [3.63, 3.8) is 0 Å². The Labute approximate surface area is 183 Å². The highest BCUT2D eigenvalue weighted by atomic mass is 32.1. The molecule has 5 nitrogen and oxygen atoms in total. The van der Waals surface area contributed by atoms with Crippen molar-refractivity contribution in [3.8, 4) is 22.8 Å². The van der Waals surface area contributed by atoms with Crippen LogP contribution in [0.15, 0.2) is 48.5 Å². The summed E-state index contributed by atoms with van der Waals surface area (Å²) in [6.45, 7) is 7.64. The first kappa shape index (κ1) is 20.8. The zero-order valence-electron chi connectivity index (χ0n) is 18.1. The average molecular weight is 424 g/mol. The second-order valence-corrected chi connectivity index (χ2v) is 8.72. The number of nitrogens with zero attached hydrogens (tertiary/aromatic N) is 3. The summed E-state index contributed by atoms with van der Waals surface area (Å²) in [5, 5.41) is 5.02. The van der Waals surface area contributed by atoms with Crippen LogP contribution < -0.4 is 9.64 Å². The first-order valence-electron chi connectivity index (χ1n) is 10.9. The molecule has 3 aromatic rings. The number of piperidine rings is 1. The van der Waals surface area contributed by atoms with Gasteiger partial charge in [-0.3, -0.25) is 4.57 Å². The minimum Gasteiger partial charge on any atom is -0.497 e. The Morgan fingerprint density at radius 1 is 1.03 bits per heavy atom. The Kier molecular flexibility index (Phi) is 6.35. The zero-order chi connectivity index (χ0) is 21.1. The van der Waals surface area contributed by atoms with E-state index in [1.54, 1.807) is 12.0 Å². The third-order valence-corrected chi connectivity index (χ3v) is 6.31. The van der Waals surface area contributed by atoms with Gasteiger partial charge in [0.15, 0.2) is 12.5 Å². The molecule has 0 amide bonds. The van der Waals surface area contributed by atoms with Crippen LogP contribution in [0.5, 0.6) is 5.75 Å². The zero-order valence-corrected chi connectivity index (χ0v) is 18.9. The van der Waals surface area contributed by atoms with E-state index in [2.05, 4.69) is 54.8 Å². The van der Waals surface area contributed by atoms with E-state index < -0.39 is 0 Å². The third kappa shape index (κ3) is 4.20. The first-order valence-corrected chi connectivity index (χ1v) is 11.3. The van der Waals surface area contributed by atoms with Gasteiger partial charge in [-0.1, -0.05) is 32.0 Å². The highest BCUT2D eigenvalue weighted by Gasteiger charge is 2.21. The predicted molar refractivity (Wildman–Crippen MR) is 123 cm³/mol. The Hall–Kier alpha value is -2.44. The van der Waals surface area contributed by atoms with E-state index in [-0.39, 0.29) is 0 Å². The van der Waals surface area contributed by atoms with E-state index in [0.29, 0.717) is 5.92 Å². The number of methoxy groups -OCH3 is 1. The fraction of sp³-hybridized carbons (Fsp3) is 0.417. The molecule has 1 saturated heterocycles. The second kappa shape index (κ2) is 9.14. The number of rotatable bonds is 6. The standard InChI is InChI=1S/C24H30N4OS/c1-18(2)21-9-5-6-10-22(21)28-23(19-11-13-20(29-3)14-12-19)25-27(24(28)30)17-26-15-7-4-8-16-26/h5-6,9-14,18H,4,7-8,15-17H2,1-3H3/p+1. The number of para-hydroxylation sites is 1. The van der Waals surface area contributed by atoms with Gasteiger partial charge in [0.1, 0.15) is 5.75 Å². The number of benzene rings is 2. The molecule has 1 aromatic heterocycles. The van der Waals surface area contributed by atoms with Gasteiger partial charge >= 0.3 is 0 Å². The number of nitrogens with one attached hydrogen (secondary N) is 1. The monoisotopic (exact) mass is 423 g/mol. The Morgan fingerprint density at radius 3 is 2.40 bits per heavy atom. The van der Waals surface area contributed by atoms with Gasteiger partial charge in [0.05, 0.1) is 25.9 Å². The number of ether oxygens (including phenoxy) is 1. The van der Waals surface area contributed by atoms with E-state index in [0.717, 1.165) is 34.3 Å². The smallest absolute Gasteiger partial charge is 0.207 e. The third-order valence-electron chi connectivity index (χ3n) is 5.92. The van der Waals surface area contributed by atoms with Gasteiger partial charge in [-0.15, -0.1) is 5.10 Å². The summed E-state index contributed by atoms with van der Waals surface area (Å²) in [6, 6.07) is 16.6. The van der Waals surface area contributed by atoms with Crippen molar-refractivity contribution in [2.24, 2.45) is 0 Å². The number of likely N-dealkylation sites (tertiary alicyclic amines) is 1. The lowest BCUT2D eigenvalue weighted by Crippen LogP contribution is -3.12. The van der Waals surface area contributed by atoms with E-state index in [4.69, 9.17) is 22.1 Å². The van der Waals surface area contributed by atoms with Gasteiger partial charge in [-0.2, -0.15) is 4.68 Å². The van der Waals surface area contributed by atoms with Crippen LogP contribution in [0.1, 0.15) is 44.6 Å². The molecule has 30 heavy (non-hydrogen) atoms. The summed E-state index contributed by atoms with van der Waals surface area (Å²) in [4.78, 5) is 1.56. The molecule has 0 aliphatic carbocycles. The molecular weight excluding hydrogens is 392 g/mol. The predicted octanol–water partition coefficient (Wildman–Crippen LogP) is 4.23. The molecule has 1 N–H and O–H groups in total. The van der Waals surface area contributed by atoms with Gasteiger partial charge in [0, 0.05) is 5.56 Å². The van der Waals surface area contributed by atoms with Gasteiger partial charge in [0.25, 0.3) is 0 Å². The molecule has 4 rings (SSSR count). The van der Waals surface area contributed by atoms with Crippen molar-refractivity contribution < 1.29 is 9.64 Å². The molecule has 158 valence electrons. The molecule has 0 bridgehead atoms. The molecule has 0 spiro atoms. The maximum absolute atomic E-state index is 5.98. The summed E-state index contributed by atoms with van der Waals surface area (Å²) < 4.78 is 10.3. The van der Waals surface area contributed by atoms with Crippen LogP contribution in [-0.2, 0) is 6.67 Å². The highest BCUT2D eigenvalue weighted by molar-refractivity contribution is 7.71. The maximum atomic E-state index is 5.98. The van der Waals surface area contributed by atoms with Crippen molar-refractivity contribution in [3.05, 3.63) is 58.9 Å². The van der Waals surface area contributed by atoms with Crippen LogP contribution >= 0.6 is 12.2 Å². The van der Waals surface area contributed by atoms with E-state index >= 15 is 0 Å². The van der Waals surface area contributed by atoms with Crippen molar-refractivity contribution in [1.82, 2.24) is 14.3 Å². The topological polar surface area (TPSA) is 36.4 Å². The maximum Gasteiger partial charge on any atom is 0.207 e. The Balaban J connectivity index is 1.85. The van der Waals surface area contributed by atoms with Crippen LogP contribution in [0.4, 0.5) is 0 Å². The van der Waals surface area contributed by atoms with E-state index in [1.807, 2.05) is 16.8 Å². The number of hydrogen-bond donors (Lipinski definition) is 1. The number of aromatic nitrogens is 3. The van der Waals surface area contributed by atoms with Crippen LogP contribution in [0.25, 0.3) is 17.1 Å². The van der Waals surface area contributed by atoms with E-state index in [9.17, 15) is 0 Å². The summed E-state index contributed by atoms with van der Waals surface area (Å²) in [6.07, 6.45) is 3.90. The lowest BCUT2D eigenvalue weighted by molar-refractivity contribution is -0.928. The van der Waals surface area contributed by atoms with Crippen molar-refractivity contribution in [2.75, 3.05) is 20.2 Å². The Morgan fingerprint density at radius 2 is 1.73 bits per heavy atom. The molecule has 1 fully saturated rings. The van der Waals surface area contributed by atoms with Crippen LogP contribution in [0.3, 0.4) is 0 Å². The van der Waals surface area contributed by atoms with Crippen LogP contribution in [0.2, 0.25) is 0 Å². The lowest BCUT2D eigenvalue weighted by Gasteiger charge is -2.22. The summed E-state index contributed by atoms with van der Waals surface area (Å²) in [5.41, 5.74) is 3.42. The van der Waals surface area contributed by atoms with Crippen molar-refractivity contribution in [1.29, 1.82) is 0 Å². The Bertz CT molecular complexity index is 1050. The molecular formula is C24H31N4OS+. The first-order chi connectivity index (χ1) is 14.6. The molecule has 2 heterocycles. The molecule has 0 radical (unpaired) electrons. The second-order valence-electron chi connectivity index (χ2n) is 8.35. The lowest BCUT2D eigenvalue weighted by atomic mass is 10.0. The fourth-order valence-corrected chi connectivity index (χ4v) is 4.55. The SMILES string of the molecule is COc1ccc(-c2nn(C[NH+]3CCCCC3)c(=S)n2-c2ccccc2C(C)C)cc1. The van der Waals surface area contributed by atoms with Gasteiger partial charge < -0.3 is 9.64 Å². The van der Waals surface area contributed by atoms with Crippen molar-refractivity contribution >= 4 is 12.2 Å². The van der Waals surface area contributed by atoms with Gasteiger partial charge in [-0.05, 0) is 73.3 Å². The van der Waals surface area contributed by atoms with Crippen LogP contribution in [0, 0.1) is 4.77 Å². The largest absolute Gasteiger partial charge is 0.497 e. The minimum atomic E-state index is 0.392. The molecule has 0 saturated carbocycles. The summed E-state index contributed by atoms with van der Waals surface area (Å²) >= 11 is 5.98. The molecule has 0 unspecified atom stereocenters.